The maximum atomic E-state index is 9.77. The van der Waals surface area contributed by atoms with E-state index in [9.17, 15) is 5.11 Å². The fourth-order valence-electron chi connectivity index (χ4n) is 1.40. The van der Waals surface area contributed by atoms with Crippen LogP contribution < -0.4 is 5.32 Å². The molecule has 2 unspecified atom stereocenters. The monoisotopic (exact) mass is 243 g/mol. The summed E-state index contributed by atoms with van der Waals surface area (Å²) in [4.78, 5) is 0. The van der Waals surface area contributed by atoms with Gasteiger partial charge in [0.25, 0.3) is 0 Å². The van der Waals surface area contributed by atoms with Crippen molar-refractivity contribution in [2.24, 2.45) is 0 Å². The number of aliphatic hydroxyl groups is 1. The Balaban J connectivity index is 2.14. The highest BCUT2D eigenvalue weighted by Crippen LogP contribution is 2.12. The molecule has 2 atom stereocenters. The van der Waals surface area contributed by atoms with Gasteiger partial charge in [0.15, 0.2) is 0 Å². The van der Waals surface area contributed by atoms with Crippen molar-refractivity contribution in [3.8, 4) is 0 Å². The van der Waals surface area contributed by atoms with Crippen molar-refractivity contribution >= 4 is 11.8 Å². The first kappa shape index (κ1) is 13.6. The van der Waals surface area contributed by atoms with E-state index in [2.05, 4.69) is 19.2 Å². The molecule has 0 saturated carbocycles. The lowest BCUT2D eigenvalue weighted by molar-refractivity contribution is 0.144. The first-order valence-electron chi connectivity index (χ1n) is 5.76. The molecule has 0 aromatic carbocycles. The molecule has 0 bridgehead atoms. The van der Waals surface area contributed by atoms with Gasteiger partial charge in [-0.1, -0.05) is 6.92 Å². The van der Waals surface area contributed by atoms with Crippen molar-refractivity contribution in [2.45, 2.75) is 32.4 Å². The molecule has 16 heavy (non-hydrogen) atoms. The standard InChI is InChI=1S/C12H21NO2S/c1-3-16-8-6-10(2)13-9-11(14)12-5-4-7-15-12/h4-5,7,10-11,13-14H,3,6,8-9H2,1-2H3. The predicted molar refractivity (Wildman–Crippen MR) is 68.7 cm³/mol. The van der Waals surface area contributed by atoms with Crippen LogP contribution in [0.4, 0.5) is 0 Å². The summed E-state index contributed by atoms with van der Waals surface area (Å²) in [5.74, 6) is 2.96. The number of hydrogen-bond donors (Lipinski definition) is 2. The largest absolute Gasteiger partial charge is 0.467 e. The van der Waals surface area contributed by atoms with Crippen molar-refractivity contribution in [2.75, 3.05) is 18.1 Å². The Kier molecular flexibility index (Phi) is 6.61. The Labute approximate surface area is 102 Å². The minimum absolute atomic E-state index is 0.434. The minimum Gasteiger partial charge on any atom is -0.467 e. The molecule has 0 saturated heterocycles. The highest BCUT2D eigenvalue weighted by molar-refractivity contribution is 7.99. The molecule has 92 valence electrons. The molecule has 1 heterocycles. The first-order chi connectivity index (χ1) is 7.74. The summed E-state index contributed by atoms with van der Waals surface area (Å²) in [5.41, 5.74) is 0. The molecule has 0 amide bonds. The van der Waals surface area contributed by atoms with Crippen LogP contribution in [0.25, 0.3) is 0 Å². The molecule has 0 aliphatic carbocycles. The molecule has 3 nitrogen and oxygen atoms in total. The van der Waals surface area contributed by atoms with Crippen molar-refractivity contribution in [3.63, 3.8) is 0 Å². The van der Waals surface area contributed by atoms with Gasteiger partial charge in [0.05, 0.1) is 6.26 Å². The lowest BCUT2D eigenvalue weighted by atomic mass is 10.2. The second kappa shape index (κ2) is 7.76. The van der Waals surface area contributed by atoms with Gasteiger partial charge >= 0.3 is 0 Å². The van der Waals surface area contributed by atoms with Gasteiger partial charge in [0, 0.05) is 12.6 Å². The Hall–Kier alpha value is -0.450. The molecule has 1 aromatic heterocycles. The van der Waals surface area contributed by atoms with Crippen molar-refractivity contribution in [1.29, 1.82) is 0 Å². The zero-order valence-corrected chi connectivity index (χ0v) is 10.8. The molecule has 1 rings (SSSR count). The van der Waals surface area contributed by atoms with Crippen molar-refractivity contribution in [3.05, 3.63) is 24.2 Å². The van der Waals surface area contributed by atoms with Gasteiger partial charge < -0.3 is 14.8 Å². The van der Waals surface area contributed by atoms with Crippen LogP contribution in [0.3, 0.4) is 0 Å². The Morgan fingerprint density at radius 1 is 1.56 bits per heavy atom. The maximum Gasteiger partial charge on any atom is 0.133 e. The van der Waals surface area contributed by atoms with E-state index in [-0.39, 0.29) is 0 Å². The molecular formula is C12H21NO2S. The highest BCUT2D eigenvalue weighted by Gasteiger charge is 2.11. The molecule has 0 aliphatic rings. The number of nitrogens with one attached hydrogen (secondary N) is 1. The summed E-state index contributed by atoms with van der Waals surface area (Å²) in [6, 6.07) is 4.02. The van der Waals surface area contributed by atoms with Crippen LogP contribution in [-0.2, 0) is 0 Å². The second-order valence-electron chi connectivity index (χ2n) is 3.83. The fourth-order valence-corrected chi connectivity index (χ4v) is 2.21. The highest BCUT2D eigenvalue weighted by atomic mass is 32.2. The Morgan fingerprint density at radius 2 is 2.38 bits per heavy atom. The smallest absolute Gasteiger partial charge is 0.133 e. The summed E-state index contributed by atoms with van der Waals surface area (Å²) in [6.45, 7) is 4.86. The molecule has 0 spiro atoms. The summed E-state index contributed by atoms with van der Waals surface area (Å²) >= 11 is 1.95. The van der Waals surface area contributed by atoms with Gasteiger partial charge in [0.2, 0.25) is 0 Å². The van der Waals surface area contributed by atoms with Crippen LogP contribution >= 0.6 is 11.8 Å². The number of hydrogen-bond acceptors (Lipinski definition) is 4. The SMILES string of the molecule is CCSCCC(C)NCC(O)c1ccco1. The lowest BCUT2D eigenvalue weighted by Crippen LogP contribution is -2.30. The quantitative estimate of drug-likeness (QED) is 0.688. The van der Waals surface area contributed by atoms with Crippen LogP contribution in [0.5, 0.6) is 0 Å². The Morgan fingerprint density at radius 3 is 3.00 bits per heavy atom. The van der Waals surface area contributed by atoms with Crippen molar-refractivity contribution in [1.82, 2.24) is 5.32 Å². The minimum atomic E-state index is -0.545. The zero-order chi connectivity index (χ0) is 11.8. The van der Waals surface area contributed by atoms with Gasteiger partial charge in [-0.2, -0.15) is 11.8 Å². The van der Waals surface area contributed by atoms with Crippen LogP contribution in [0.1, 0.15) is 32.1 Å². The second-order valence-corrected chi connectivity index (χ2v) is 5.22. The zero-order valence-electron chi connectivity index (χ0n) is 9.98. The van der Waals surface area contributed by atoms with Gasteiger partial charge in [-0.15, -0.1) is 0 Å². The number of rotatable bonds is 8. The summed E-state index contributed by atoms with van der Waals surface area (Å²) in [7, 11) is 0. The van der Waals surface area contributed by atoms with Gasteiger partial charge in [-0.3, -0.25) is 0 Å². The van der Waals surface area contributed by atoms with Gasteiger partial charge in [-0.25, -0.2) is 0 Å². The summed E-state index contributed by atoms with van der Waals surface area (Å²) in [5, 5.41) is 13.1. The van der Waals surface area contributed by atoms with Crippen LogP contribution in [0.15, 0.2) is 22.8 Å². The molecule has 0 radical (unpaired) electrons. The van der Waals surface area contributed by atoms with E-state index in [0.717, 1.165) is 6.42 Å². The predicted octanol–water partition coefficient (Wildman–Crippen LogP) is 2.43. The van der Waals surface area contributed by atoms with E-state index in [0.29, 0.717) is 18.3 Å². The Bertz CT molecular complexity index is 264. The molecule has 0 fully saturated rings. The summed E-state index contributed by atoms with van der Waals surface area (Å²) in [6.07, 6.45) is 2.17. The van der Waals surface area contributed by atoms with Crippen LogP contribution in [0.2, 0.25) is 0 Å². The van der Waals surface area contributed by atoms with Crippen LogP contribution in [0, 0.1) is 0 Å². The molecule has 4 heteroatoms. The van der Waals surface area contributed by atoms with E-state index < -0.39 is 6.10 Å². The van der Waals surface area contributed by atoms with E-state index >= 15 is 0 Å². The molecule has 2 N–H and O–H groups in total. The lowest BCUT2D eigenvalue weighted by Gasteiger charge is -2.15. The summed E-state index contributed by atoms with van der Waals surface area (Å²) < 4.78 is 5.13. The third-order valence-corrected chi connectivity index (χ3v) is 3.36. The normalized spacial score (nSPS) is 14.9. The third-order valence-electron chi connectivity index (χ3n) is 2.43. The maximum absolute atomic E-state index is 9.77. The number of furan rings is 1. The number of aliphatic hydroxyl groups excluding tert-OH is 1. The van der Waals surface area contributed by atoms with Crippen molar-refractivity contribution < 1.29 is 9.52 Å². The van der Waals surface area contributed by atoms with Gasteiger partial charge in [0.1, 0.15) is 11.9 Å². The molecule has 0 aliphatic heterocycles. The fraction of sp³-hybridized carbons (Fsp3) is 0.667. The van der Waals surface area contributed by atoms with Gasteiger partial charge in [-0.05, 0) is 37.0 Å². The average molecular weight is 243 g/mol. The molecule has 1 aromatic rings. The van der Waals surface area contributed by atoms with Crippen LogP contribution in [-0.4, -0.2) is 29.2 Å². The average Bonchev–Trinajstić information content (AvgIpc) is 2.79. The van der Waals surface area contributed by atoms with E-state index in [1.165, 1.54) is 11.5 Å². The first-order valence-corrected chi connectivity index (χ1v) is 6.92. The molecular weight excluding hydrogens is 222 g/mol. The topological polar surface area (TPSA) is 45.4 Å². The number of thioether (sulfide) groups is 1. The van der Waals surface area contributed by atoms with E-state index in [4.69, 9.17) is 4.42 Å². The van der Waals surface area contributed by atoms with E-state index in [1.54, 1.807) is 18.4 Å². The van der Waals surface area contributed by atoms with E-state index in [1.807, 2.05) is 11.8 Å². The third kappa shape index (κ3) is 5.05.